The lowest BCUT2D eigenvalue weighted by Gasteiger charge is -2.13. The molecular weight excluding hydrogens is 1190 g/mol. The largest absolute Gasteiger partial charge is 0.309 e. The summed E-state index contributed by atoms with van der Waals surface area (Å²) >= 11 is 0. The first-order valence-electron chi connectivity index (χ1n) is 33.3. The molecule has 6 heterocycles. The van der Waals surface area contributed by atoms with Gasteiger partial charge in [-0.3, -0.25) is 9.13 Å². The molecule has 6 aromatic heterocycles. The number of hydrogen-bond donors (Lipinski definition) is 0. The highest BCUT2D eigenvalue weighted by molar-refractivity contribution is 6.27. The van der Waals surface area contributed by atoms with Crippen molar-refractivity contribution < 1.29 is 0 Å². The summed E-state index contributed by atoms with van der Waals surface area (Å²) in [6.45, 7) is 0. The van der Waals surface area contributed by atoms with E-state index in [9.17, 15) is 0 Å². The molecule has 0 saturated carbocycles. The van der Waals surface area contributed by atoms with Crippen molar-refractivity contribution in [1.29, 1.82) is 0 Å². The lowest BCUT2D eigenvalue weighted by molar-refractivity contribution is 1.01. The van der Waals surface area contributed by atoms with Gasteiger partial charge in [0.1, 0.15) is 0 Å². The van der Waals surface area contributed by atoms with Crippen LogP contribution < -0.4 is 0 Å². The normalized spacial score (nSPS) is 11.9. The fourth-order valence-electron chi connectivity index (χ4n) is 15.6. The van der Waals surface area contributed by atoms with Gasteiger partial charge >= 0.3 is 0 Å². The van der Waals surface area contributed by atoms with Crippen LogP contribution in [0.25, 0.3) is 187 Å². The Morgan fingerprint density at radius 3 is 1.20 bits per heavy atom. The maximum atomic E-state index is 5.43. The molecule has 0 radical (unpaired) electrons. The average Bonchev–Trinajstić information content (AvgIpc) is 1.66. The highest BCUT2D eigenvalue weighted by Gasteiger charge is 2.24. The molecule has 0 N–H and O–H groups in total. The first kappa shape index (κ1) is 55.2. The van der Waals surface area contributed by atoms with Crippen LogP contribution in [0.15, 0.2) is 340 Å². The Hall–Kier alpha value is -13.3. The number of benzene rings is 15. The molecule has 0 unspecified atom stereocenters. The molecule has 0 spiro atoms. The van der Waals surface area contributed by atoms with Gasteiger partial charge < -0.3 is 9.13 Å². The third kappa shape index (κ3) is 8.58. The molecule has 21 rings (SSSR count). The van der Waals surface area contributed by atoms with Crippen molar-refractivity contribution in [3.8, 4) is 56.9 Å². The Morgan fingerprint density at radius 2 is 0.602 bits per heavy atom. The van der Waals surface area contributed by atoms with E-state index < -0.39 is 0 Å². The molecule has 0 aliphatic heterocycles. The van der Waals surface area contributed by atoms with Crippen LogP contribution >= 0.6 is 0 Å². The molecule has 8 heteroatoms. The Kier molecular flexibility index (Phi) is 12.5. The molecule has 0 aliphatic carbocycles. The van der Waals surface area contributed by atoms with Crippen LogP contribution in [-0.4, -0.2) is 38.2 Å². The molecule has 0 saturated heterocycles. The number of fused-ring (bicyclic) bond motifs is 19. The molecule has 456 valence electrons. The van der Waals surface area contributed by atoms with Gasteiger partial charge in [0.15, 0.2) is 0 Å². The molecule has 0 amide bonds. The zero-order valence-electron chi connectivity index (χ0n) is 52.9. The van der Waals surface area contributed by atoms with Gasteiger partial charge in [0.25, 0.3) is 0 Å². The van der Waals surface area contributed by atoms with E-state index in [0.717, 1.165) is 88.7 Å². The van der Waals surface area contributed by atoms with Crippen LogP contribution in [0.3, 0.4) is 0 Å². The second-order valence-corrected chi connectivity index (χ2v) is 25.2. The summed E-state index contributed by atoms with van der Waals surface area (Å²) in [5, 5.41) is 16.5. The molecule has 15 aromatic carbocycles. The predicted molar refractivity (Wildman–Crippen MR) is 408 cm³/mol. The summed E-state index contributed by atoms with van der Waals surface area (Å²) in [6, 6.07) is 121. The number of nitrogens with zero attached hydrogens (tertiary/aromatic N) is 8. The molecule has 0 fully saturated rings. The molecule has 98 heavy (non-hydrogen) atoms. The van der Waals surface area contributed by atoms with Gasteiger partial charge in [-0.15, -0.1) is 0 Å². The van der Waals surface area contributed by atoms with E-state index in [2.05, 4.69) is 346 Å². The zero-order chi connectivity index (χ0) is 64.4. The van der Waals surface area contributed by atoms with Crippen molar-refractivity contribution in [2.45, 2.75) is 0 Å². The van der Waals surface area contributed by atoms with E-state index in [1.807, 2.05) is 12.1 Å². The summed E-state index contributed by atoms with van der Waals surface area (Å²) in [6.07, 6.45) is 0. The second kappa shape index (κ2) is 22.2. The average molecular weight is 1250 g/mol. The van der Waals surface area contributed by atoms with Crippen LogP contribution in [0.2, 0.25) is 0 Å². The summed E-state index contributed by atoms with van der Waals surface area (Å²) in [7, 11) is 0. The monoisotopic (exact) mass is 1250 g/mol. The maximum absolute atomic E-state index is 5.43. The molecule has 0 aliphatic rings. The molecule has 0 atom stereocenters. The molecule has 8 nitrogen and oxygen atoms in total. The van der Waals surface area contributed by atoms with Crippen LogP contribution in [-0.2, 0) is 0 Å². The summed E-state index contributed by atoms with van der Waals surface area (Å²) in [5.41, 5.74) is 19.5. The summed E-state index contributed by atoms with van der Waals surface area (Å²) in [4.78, 5) is 21.2. The van der Waals surface area contributed by atoms with Gasteiger partial charge in [-0.1, -0.05) is 261 Å². The highest BCUT2D eigenvalue weighted by Crippen LogP contribution is 2.44. The summed E-state index contributed by atoms with van der Waals surface area (Å²) in [5.74, 6) is 1.32. The number of rotatable bonds is 7. The zero-order valence-corrected chi connectivity index (χ0v) is 52.9. The smallest absolute Gasteiger partial charge is 0.235 e. The SMILES string of the molecule is c1ccc(-c2cccc(-c3nc(-n4c5ccc(-n6c7ccccc7c7ccccc76)cc5c5c6ccccc6ccc54)nc4ccccc34)c2)cc1.c1ccc(-c2nc(-n3c4ccccc4c4ccc5c(ccc6c7ccccc7n(-c7ccccc7)c65)c43)nc3ccccc23)cc1. The minimum atomic E-state index is 0.652. The molecular formula is C90H56N8. The van der Waals surface area contributed by atoms with Gasteiger partial charge in [0, 0.05) is 87.1 Å². The minimum Gasteiger partial charge on any atom is -0.309 e. The number of aromatic nitrogens is 8. The fourth-order valence-corrected chi connectivity index (χ4v) is 15.6. The third-order valence-corrected chi connectivity index (χ3v) is 19.8. The van der Waals surface area contributed by atoms with E-state index >= 15 is 0 Å². The number of para-hydroxylation sites is 7. The van der Waals surface area contributed by atoms with E-state index in [0.29, 0.717) is 11.9 Å². The van der Waals surface area contributed by atoms with E-state index in [1.54, 1.807) is 0 Å². The van der Waals surface area contributed by atoms with Gasteiger partial charge in [-0.2, -0.15) is 0 Å². The van der Waals surface area contributed by atoms with Gasteiger partial charge in [0.2, 0.25) is 11.9 Å². The fraction of sp³-hybridized carbons (Fsp3) is 0. The Balaban J connectivity index is 0.000000134. The third-order valence-electron chi connectivity index (χ3n) is 19.8. The maximum Gasteiger partial charge on any atom is 0.235 e. The van der Waals surface area contributed by atoms with Crippen molar-refractivity contribution in [2.75, 3.05) is 0 Å². The van der Waals surface area contributed by atoms with Crippen LogP contribution in [0, 0.1) is 0 Å². The Bertz CT molecular complexity index is 6750. The molecule has 0 bridgehead atoms. The van der Waals surface area contributed by atoms with Crippen molar-refractivity contribution in [3.63, 3.8) is 0 Å². The van der Waals surface area contributed by atoms with Crippen LogP contribution in [0.5, 0.6) is 0 Å². The lowest BCUT2D eigenvalue weighted by atomic mass is 10.00. The predicted octanol–water partition coefficient (Wildman–Crippen LogP) is 23.0. The first-order chi connectivity index (χ1) is 48.6. The number of hydrogen-bond acceptors (Lipinski definition) is 4. The van der Waals surface area contributed by atoms with Crippen molar-refractivity contribution in [2.24, 2.45) is 0 Å². The molecule has 21 aromatic rings. The van der Waals surface area contributed by atoms with Gasteiger partial charge in [-0.05, 0) is 101 Å². The Morgan fingerprint density at radius 1 is 0.194 bits per heavy atom. The van der Waals surface area contributed by atoms with E-state index in [1.165, 1.54) is 86.9 Å². The quantitative estimate of drug-likeness (QED) is 0.159. The topological polar surface area (TPSA) is 71.3 Å². The standard InChI is InChI=1S/C48H30N4.C42H26N4/c1-2-13-31(14-3-1)33-16-12-17-34(29-33)47-39-21-6-9-22-41(39)49-48(50-47)52-44-28-26-35(30-40(44)46-36-18-5-4-15-32(36)25-27-45(46)52)51-42-23-10-7-19-37(42)38-20-8-11-24-43(38)51;1-3-13-27(14-4-1)39-35-19-7-10-20-36(35)43-42(44-39)46-38-22-12-9-18-30(38)32-24-25-33-34(41(32)46)26-23-31-29-17-8-11-21-37(29)45(40(31)33)28-15-5-2-6-16-28/h1-30H;1-26H. The highest BCUT2D eigenvalue weighted by atomic mass is 15.2. The van der Waals surface area contributed by atoms with Crippen LogP contribution in [0.1, 0.15) is 0 Å². The second-order valence-electron chi connectivity index (χ2n) is 25.2. The van der Waals surface area contributed by atoms with Crippen LogP contribution in [0.4, 0.5) is 0 Å². The lowest BCUT2D eigenvalue weighted by Crippen LogP contribution is -2.03. The van der Waals surface area contributed by atoms with Gasteiger partial charge in [0.05, 0.1) is 66.6 Å². The van der Waals surface area contributed by atoms with Crippen molar-refractivity contribution in [1.82, 2.24) is 38.2 Å². The first-order valence-corrected chi connectivity index (χ1v) is 33.3. The van der Waals surface area contributed by atoms with E-state index in [-0.39, 0.29) is 0 Å². The Labute approximate surface area is 562 Å². The van der Waals surface area contributed by atoms with Crippen molar-refractivity contribution in [3.05, 3.63) is 340 Å². The van der Waals surface area contributed by atoms with Crippen molar-refractivity contribution >= 4 is 131 Å². The van der Waals surface area contributed by atoms with Gasteiger partial charge in [-0.25, -0.2) is 19.9 Å². The van der Waals surface area contributed by atoms with E-state index in [4.69, 9.17) is 19.9 Å². The minimum absolute atomic E-state index is 0.652. The summed E-state index contributed by atoms with van der Waals surface area (Å²) < 4.78 is 9.32.